The first-order chi connectivity index (χ1) is 4.59. The molecular weight excluding hydrogens is 124 g/mol. The molecule has 0 heterocycles. The minimum atomic E-state index is 0.00993. The molecule has 1 fully saturated rings. The van der Waals surface area contributed by atoms with Crippen molar-refractivity contribution >= 4 is 5.78 Å². The van der Waals surface area contributed by atoms with Crippen molar-refractivity contribution < 1.29 is 4.79 Å². The summed E-state index contributed by atoms with van der Waals surface area (Å²) in [4.78, 5) is 11.0. The lowest BCUT2D eigenvalue weighted by molar-refractivity contribution is -0.142. The molecule has 1 saturated carbocycles. The van der Waals surface area contributed by atoms with Gasteiger partial charge >= 0.3 is 0 Å². The molecule has 0 aromatic heterocycles. The van der Waals surface area contributed by atoms with Crippen molar-refractivity contribution in [2.75, 3.05) is 0 Å². The van der Waals surface area contributed by atoms with Gasteiger partial charge in [0.1, 0.15) is 5.78 Å². The number of carbonyl (C=O) groups is 1. The van der Waals surface area contributed by atoms with Crippen molar-refractivity contribution in [1.29, 1.82) is 0 Å². The second kappa shape index (κ2) is 2.37. The van der Waals surface area contributed by atoms with Crippen LogP contribution in [0.2, 0.25) is 0 Å². The van der Waals surface area contributed by atoms with Crippen LogP contribution in [-0.2, 0) is 4.79 Å². The molecule has 0 aromatic rings. The maximum absolute atomic E-state index is 11.0. The van der Waals surface area contributed by atoms with Crippen molar-refractivity contribution in [1.82, 2.24) is 0 Å². The number of carbonyl (C=O) groups excluding carboxylic acids is 1. The smallest absolute Gasteiger partial charge is 0.139 e. The Labute approximate surface area is 62.8 Å². The number of hydrogen-bond donors (Lipinski definition) is 0. The summed E-state index contributed by atoms with van der Waals surface area (Å²) in [5.41, 5.74) is 0.00993. The fourth-order valence-electron chi connectivity index (χ4n) is 1.65. The van der Waals surface area contributed by atoms with Crippen molar-refractivity contribution in [2.45, 2.75) is 40.0 Å². The average molecular weight is 140 g/mol. The van der Waals surface area contributed by atoms with Gasteiger partial charge in [-0.15, -0.1) is 0 Å². The monoisotopic (exact) mass is 140 g/mol. The largest absolute Gasteiger partial charge is 0.299 e. The summed E-state index contributed by atoms with van der Waals surface area (Å²) in [6, 6.07) is 0. The van der Waals surface area contributed by atoms with E-state index in [2.05, 4.69) is 20.8 Å². The van der Waals surface area contributed by atoms with Gasteiger partial charge in [-0.1, -0.05) is 27.2 Å². The molecule has 1 rings (SSSR count). The Morgan fingerprint density at radius 2 is 2.20 bits per heavy atom. The highest BCUT2D eigenvalue weighted by atomic mass is 16.1. The van der Waals surface area contributed by atoms with Crippen LogP contribution in [0.1, 0.15) is 40.0 Å². The summed E-state index contributed by atoms with van der Waals surface area (Å²) in [5.74, 6) is 1.12. The molecule has 0 radical (unpaired) electrons. The van der Waals surface area contributed by atoms with E-state index in [0.29, 0.717) is 11.7 Å². The number of hydrogen-bond acceptors (Lipinski definition) is 1. The highest BCUT2D eigenvalue weighted by Gasteiger charge is 2.45. The molecule has 1 nitrogen and oxygen atoms in total. The minimum Gasteiger partial charge on any atom is -0.299 e. The predicted octanol–water partition coefficient (Wildman–Crippen LogP) is 2.40. The van der Waals surface area contributed by atoms with Gasteiger partial charge in [0.25, 0.3) is 0 Å². The SMILES string of the molecule is CCCC1CC(=O)C1(C)C. The topological polar surface area (TPSA) is 17.1 Å². The lowest BCUT2D eigenvalue weighted by atomic mass is 9.60. The van der Waals surface area contributed by atoms with Crippen LogP contribution in [0.5, 0.6) is 0 Å². The van der Waals surface area contributed by atoms with Gasteiger partial charge in [0.15, 0.2) is 0 Å². The Morgan fingerprint density at radius 1 is 1.60 bits per heavy atom. The lowest BCUT2D eigenvalue weighted by Crippen LogP contribution is -2.45. The van der Waals surface area contributed by atoms with Crippen LogP contribution in [-0.4, -0.2) is 5.78 Å². The summed E-state index contributed by atoms with van der Waals surface area (Å²) in [6.07, 6.45) is 3.26. The summed E-state index contributed by atoms with van der Waals surface area (Å²) in [6.45, 7) is 6.32. The molecule has 0 saturated heterocycles. The van der Waals surface area contributed by atoms with Gasteiger partial charge in [0.05, 0.1) is 0 Å². The van der Waals surface area contributed by atoms with Crippen LogP contribution in [0.4, 0.5) is 0 Å². The highest BCUT2D eigenvalue weighted by molar-refractivity contribution is 5.90. The molecule has 0 aliphatic heterocycles. The molecule has 58 valence electrons. The van der Waals surface area contributed by atoms with Gasteiger partial charge < -0.3 is 0 Å². The number of Topliss-reactive ketones (excluding diaryl/α,β-unsaturated/α-hetero) is 1. The zero-order chi connectivity index (χ0) is 7.78. The molecule has 1 atom stereocenters. The van der Waals surface area contributed by atoms with Gasteiger partial charge in [0.2, 0.25) is 0 Å². The van der Waals surface area contributed by atoms with E-state index >= 15 is 0 Å². The van der Waals surface area contributed by atoms with Crippen LogP contribution < -0.4 is 0 Å². The normalized spacial score (nSPS) is 29.9. The van der Waals surface area contributed by atoms with E-state index in [-0.39, 0.29) is 5.41 Å². The molecule has 1 heteroatoms. The van der Waals surface area contributed by atoms with Crippen LogP contribution in [0.3, 0.4) is 0 Å². The highest BCUT2D eigenvalue weighted by Crippen LogP contribution is 2.44. The van der Waals surface area contributed by atoms with Crippen LogP contribution in [0.25, 0.3) is 0 Å². The summed E-state index contributed by atoms with van der Waals surface area (Å²) in [5, 5.41) is 0. The van der Waals surface area contributed by atoms with Crippen molar-refractivity contribution in [3.8, 4) is 0 Å². The number of rotatable bonds is 2. The Morgan fingerprint density at radius 3 is 2.50 bits per heavy atom. The Kier molecular flexibility index (Phi) is 1.84. The van der Waals surface area contributed by atoms with E-state index in [1.165, 1.54) is 12.8 Å². The lowest BCUT2D eigenvalue weighted by Gasteiger charge is -2.42. The number of ketones is 1. The first-order valence-corrected chi connectivity index (χ1v) is 4.12. The van der Waals surface area contributed by atoms with Crippen molar-refractivity contribution in [3.63, 3.8) is 0 Å². The Bertz CT molecular complexity index is 147. The molecular formula is C9H16O. The van der Waals surface area contributed by atoms with E-state index in [4.69, 9.17) is 0 Å². The Balaban J connectivity index is 2.46. The minimum absolute atomic E-state index is 0.00993. The van der Waals surface area contributed by atoms with Crippen LogP contribution >= 0.6 is 0 Å². The molecule has 0 N–H and O–H groups in total. The third kappa shape index (κ3) is 0.979. The quantitative estimate of drug-likeness (QED) is 0.575. The van der Waals surface area contributed by atoms with Gasteiger partial charge in [-0.05, 0) is 12.3 Å². The van der Waals surface area contributed by atoms with E-state index in [0.717, 1.165) is 6.42 Å². The standard InChI is InChI=1S/C9H16O/c1-4-5-7-6-8(10)9(7,2)3/h7H,4-6H2,1-3H3. The Hall–Kier alpha value is -0.330. The van der Waals surface area contributed by atoms with Crippen molar-refractivity contribution in [3.05, 3.63) is 0 Å². The summed E-state index contributed by atoms with van der Waals surface area (Å²) < 4.78 is 0. The second-order valence-electron chi connectivity index (χ2n) is 3.83. The van der Waals surface area contributed by atoms with E-state index < -0.39 is 0 Å². The first-order valence-electron chi connectivity index (χ1n) is 4.12. The van der Waals surface area contributed by atoms with Gasteiger partial charge in [-0.3, -0.25) is 4.79 Å². The molecule has 10 heavy (non-hydrogen) atoms. The molecule has 1 unspecified atom stereocenters. The van der Waals surface area contributed by atoms with E-state index in [1.54, 1.807) is 0 Å². The molecule has 0 bridgehead atoms. The molecule has 0 amide bonds. The third-order valence-electron chi connectivity index (χ3n) is 2.81. The van der Waals surface area contributed by atoms with Gasteiger partial charge in [-0.25, -0.2) is 0 Å². The molecule has 0 aromatic carbocycles. The van der Waals surface area contributed by atoms with Crippen molar-refractivity contribution in [2.24, 2.45) is 11.3 Å². The molecule has 0 spiro atoms. The molecule has 1 aliphatic rings. The summed E-state index contributed by atoms with van der Waals surface area (Å²) >= 11 is 0. The maximum atomic E-state index is 11.0. The van der Waals surface area contributed by atoms with Crippen LogP contribution in [0, 0.1) is 11.3 Å². The second-order valence-corrected chi connectivity index (χ2v) is 3.83. The molecule has 1 aliphatic carbocycles. The fraction of sp³-hybridized carbons (Fsp3) is 0.889. The van der Waals surface area contributed by atoms with Crippen LogP contribution in [0.15, 0.2) is 0 Å². The summed E-state index contributed by atoms with van der Waals surface area (Å²) in [7, 11) is 0. The zero-order valence-corrected chi connectivity index (χ0v) is 7.11. The maximum Gasteiger partial charge on any atom is 0.139 e. The first kappa shape index (κ1) is 7.77. The van der Waals surface area contributed by atoms with E-state index in [9.17, 15) is 4.79 Å². The predicted molar refractivity (Wildman–Crippen MR) is 41.8 cm³/mol. The zero-order valence-electron chi connectivity index (χ0n) is 7.11. The van der Waals surface area contributed by atoms with Gasteiger partial charge in [0, 0.05) is 11.8 Å². The average Bonchev–Trinajstić information content (AvgIpc) is 1.88. The third-order valence-corrected chi connectivity index (χ3v) is 2.81. The van der Waals surface area contributed by atoms with E-state index in [1.807, 2.05) is 0 Å². The fourth-order valence-corrected chi connectivity index (χ4v) is 1.65. The van der Waals surface area contributed by atoms with Gasteiger partial charge in [-0.2, -0.15) is 0 Å².